The number of nitrogens with one attached hydrogen (secondary N) is 1. The summed E-state index contributed by atoms with van der Waals surface area (Å²) < 4.78 is 7.22. The van der Waals surface area contributed by atoms with Gasteiger partial charge >= 0.3 is 12.0 Å². The average Bonchev–Trinajstić information content (AvgIpc) is 3.27. The molecule has 2 aromatic heterocycles. The molecule has 0 saturated carbocycles. The molecular weight excluding hydrogens is 468 g/mol. The number of hydrogen-bond acceptors (Lipinski definition) is 6. The Labute approximate surface area is 215 Å². The van der Waals surface area contributed by atoms with E-state index in [0.717, 1.165) is 22.7 Å². The number of fused-ring (bicyclic) bond motifs is 1. The van der Waals surface area contributed by atoms with Gasteiger partial charge in [-0.25, -0.2) is 19.6 Å². The normalized spacial score (nSPS) is 14.1. The van der Waals surface area contributed by atoms with E-state index in [2.05, 4.69) is 51.0 Å². The first-order chi connectivity index (χ1) is 18.0. The predicted molar refractivity (Wildman–Crippen MR) is 142 cm³/mol. The number of imidazole rings is 1. The summed E-state index contributed by atoms with van der Waals surface area (Å²) in [5, 5.41) is 2.88. The molecule has 0 aliphatic carbocycles. The van der Waals surface area contributed by atoms with Crippen LogP contribution in [0.15, 0.2) is 66.9 Å². The zero-order valence-electron chi connectivity index (χ0n) is 21.1. The molecular formula is C28H30N6O3. The summed E-state index contributed by atoms with van der Waals surface area (Å²) in [5.41, 5.74) is 4.71. The number of nitrogens with zero attached hydrogens (tertiary/aromatic N) is 5. The van der Waals surface area contributed by atoms with Crippen molar-refractivity contribution >= 4 is 28.9 Å². The van der Waals surface area contributed by atoms with Gasteiger partial charge in [-0.05, 0) is 50.2 Å². The van der Waals surface area contributed by atoms with Crippen LogP contribution in [0.3, 0.4) is 0 Å². The minimum Gasteiger partial charge on any atom is -0.462 e. The molecule has 3 heterocycles. The number of pyridine rings is 1. The topological polar surface area (TPSA) is 92.6 Å². The Morgan fingerprint density at radius 2 is 1.73 bits per heavy atom. The van der Waals surface area contributed by atoms with E-state index < -0.39 is 5.97 Å². The average molecular weight is 499 g/mol. The number of hydrogen-bond donors (Lipinski definition) is 1. The number of carbonyl (C=O) groups excluding carboxylic acids is 2. The van der Waals surface area contributed by atoms with Gasteiger partial charge in [-0.2, -0.15) is 0 Å². The highest BCUT2D eigenvalue weighted by Gasteiger charge is 2.24. The number of anilines is 1. The maximum atomic E-state index is 13.0. The number of piperazine rings is 1. The van der Waals surface area contributed by atoms with E-state index in [1.165, 1.54) is 5.56 Å². The fourth-order valence-electron chi connectivity index (χ4n) is 4.51. The summed E-state index contributed by atoms with van der Waals surface area (Å²) >= 11 is 0. The van der Waals surface area contributed by atoms with Crippen LogP contribution in [0.2, 0.25) is 0 Å². The molecule has 5 rings (SSSR count). The lowest BCUT2D eigenvalue weighted by atomic mass is 10.2. The Balaban J connectivity index is 1.26. The van der Waals surface area contributed by atoms with Gasteiger partial charge in [-0.1, -0.05) is 29.8 Å². The van der Waals surface area contributed by atoms with E-state index in [0.29, 0.717) is 44.0 Å². The maximum absolute atomic E-state index is 13.0. The highest BCUT2D eigenvalue weighted by Crippen LogP contribution is 2.22. The molecule has 0 bridgehead atoms. The largest absolute Gasteiger partial charge is 0.462 e. The van der Waals surface area contributed by atoms with Crippen LogP contribution in [0, 0.1) is 6.92 Å². The fraction of sp³-hybridized carbons (Fsp3) is 0.286. The third-order valence-corrected chi connectivity index (χ3v) is 6.47. The van der Waals surface area contributed by atoms with Crippen molar-refractivity contribution < 1.29 is 14.3 Å². The molecule has 1 N–H and O–H groups in total. The summed E-state index contributed by atoms with van der Waals surface area (Å²) in [6, 6.07) is 18.9. The van der Waals surface area contributed by atoms with Gasteiger partial charge in [-0.3, -0.25) is 9.47 Å². The number of benzene rings is 2. The highest BCUT2D eigenvalue weighted by molar-refractivity contribution is 6.00. The zero-order valence-corrected chi connectivity index (χ0v) is 21.1. The minimum absolute atomic E-state index is 0.229. The number of amides is 2. The second-order valence-electron chi connectivity index (χ2n) is 9.00. The van der Waals surface area contributed by atoms with Crippen molar-refractivity contribution in [3.63, 3.8) is 0 Å². The molecule has 1 aliphatic heterocycles. The number of aromatic nitrogens is 3. The summed E-state index contributed by atoms with van der Waals surface area (Å²) in [6.45, 7) is 7.29. The molecule has 0 unspecified atom stereocenters. The number of esters is 1. The van der Waals surface area contributed by atoms with Crippen LogP contribution in [0.1, 0.15) is 28.7 Å². The molecule has 0 spiro atoms. The quantitative estimate of drug-likeness (QED) is 0.400. The Morgan fingerprint density at radius 1 is 0.973 bits per heavy atom. The molecule has 0 radical (unpaired) electrons. The Morgan fingerprint density at radius 3 is 2.49 bits per heavy atom. The molecule has 1 saturated heterocycles. The van der Waals surface area contributed by atoms with Crippen molar-refractivity contribution in [3.8, 4) is 5.69 Å². The third kappa shape index (κ3) is 5.31. The fourth-order valence-corrected chi connectivity index (χ4v) is 4.51. The smallest absolute Gasteiger partial charge is 0.340 e. The molecule has 190 valence electrons. The maximum Gasteiger partial charge on any atom is 0.340 e. The van der Waals surface area contributed by atoms with Crippen LogP contribution >= 0.6 is 0 Å². The second kappa shape index (κ2) is 10.8. The van der Waals surface area contributed by atoms with Crippen molar-refractivity contribution in [2.24, 2.45) is 0 Å². The number of urea groups is 1. The standard InChI is InChI=1S/C28H30N6O3/c1-3-37-27(35)22-7-4-5-8-23(22)31-28(36)33-17-15-32(16-18-33)19-25-30-24-9-6-14-29-26(24)34(25)21-12-10-20(2)11-13-21/h4-14H,3,15-19H2,1-2H3,(H,31,36). The van der Waals surface area contributed by atoms with Crippen LogP contribution in [-0.2, 0) is 11.3 Å². The van der Waals surface area contributed by atoms with Gasteiger partial charge in [0.1, 0.15) is 11.3 Å². The number of aryl methyl sites for hydroxylation is 1. The monoisotopic (exact) mass is 498 g/mol. The van der Waals surface area contributed by atoms with Crippen LogP contribution in [0.25, 0.3) is 16.9 Å². The first kappa shape index (κ1) is 24.5. The Bertz CT molecular complexity index is 1410. The Hall–Kier alpha value is -4.24. The molecule has 9 heteroatoms. The van der Waals surface area contributed by atoms with Crippen molar-refractivity contribution in [3.05, 3.63) is 83.8 Å². The van der Waals surface area contributed by atoms with Gasteiger partial charge in [-0.15, -0.1) is 0 Å². The van der Waals surface area contributed by atoms with Gasteiger partial charge in [0.2, 0.25) is 0 Å². The van der Waals surface area contributed by atoms with E-state index in [1.807, 2.05) is 12.1 Å². The van der Waals surface area contributed by atoms with E-state index >= 15 is 0 Å². The molecule has 1 fully saturated rings. The summed E-state index contributed by atoms with van der Waals surface area (Å²) in [5.74, 6) is 0.466. The Kier molecular flexibility index (Phi) is 7.14. The second-order valence-corrected chi connectivity index (χ2v) is 9.00. The van der Waals surface area contributed by atoms with Crippen molar-refractivity contribution in [2.75, 3.05) is 38.1 Å². The molecule has 4 aromatic rings. The molecule has 37 heavy (non-hydrogen) atoms. The number of carbonyl (C=O) groups is 2. The molecule has 2 aromatic carbocycles. The van der Waals surface area contributed by atoms with Gasteiger partial charge in [0.05, 0.1) is 24.4 Å². The summed E-state index contributed by atoms with van der Waals surface area (Å²) in [7, 11) is 0. The molecule has 9 nitrogen and oxygen atoms in total. The van der Waals surface area contributed by atoms with Gasteiger partial charge < -0.3 is 15.0 Å². The van der Waals surface area contributed by atoms with E-state index in [-0.39, 0.29) is 12.6 Å². The first-order valence-electron chi connectivity index (χ1n) is 12.5. The zero-order chi connectivity index (χ0) is 25.8. The van der Waals surface area contributed by atoms with Crippen molar-refractivity contribution in [1.29, 1.82) is 0 Å². The number of ether oxygens (including phenoxy) is 1. The summed E-state index contributed by atoms with van der Waals surface area (Å²) in [4.78, 5) is 38.7. The SMILES string of the molecule is CCOC(=O)c1ccccc1NC(=O)N1CCN(Cc2nc3cccnc3n2-c2ccc(C)cc2)CC1. The van der Waals surface area contributed by atoms with E-state index in [4.69, 9.17) is 9.72 Å². The lowest BCUT2D eigenvalue weighted by Crippen LogP contribution is -2.49. The van der Waals surface area contributed by atoms with Gasteiger partial charge in [0.15, 0.2) is 5.65 Å². The van der Waals surface area contributed by atoms with Crippen LogP contribution in [-0.4, -0.2) is 69.1 Å². The highest BCUT2D eigenvalue weighted by atomic mass is 16.5. The first-order valence-corrected chi connectivity index (χ1v) is 12.5. The lowest BCUT2D eigenvalue weighted by molar-refractivity contribution is 0.0527. The molecule has 2 amide bonds. The third-order valence-electron chi connectivity index (χ3n) is 6.47. The summed E-state index contributed by atoms with van der Waals surface area (Å²) in [6.07, 6.45) is 1.79. The van der Waals surface area contributed by atoms with Crippen LogP contribution in [0.5, 0.6) is 0 Å². The molecule has 0 atom stereocenters. The van der Waals surface area contributed by atoms with E-state index in [1.54, 1.807) is 42.3 Å². The van der Waals surface area contributed by atoms with Gasteiger partial charge in [0, 0.05) is 38.1 Å². The van der Waals surface area contributed by atoms with Gasteiger partial charge in [0.25, 0.3) is 0 Å². The minimum atomic E-state index is -0.450. The van der Waals surface area contributed by atoms with Crippen molar-refractivity contribution in [1.82, 2.24) is 24.3 Å². The number of rotatable bonds is 6. The van der Waals surface area contributed by atoms with Crippen LogP contribution in [0.4, 0.5) is 10.5 Å². The molecule has 1 aliphatic rings. The lowest BCUT2D eigenvalue weighted by Gasteiger charge is -2.34. The van der Waals surface area contributed by atoms with E-state index in [9.17, 15) is 9.59 Å². The predicted octanol–water partition coefficient (Wildman–Crippen LogP) is 4.26. The van der Waals surface area contributed by atoms with Crippen LogP contribution < -0.4 is 5.32 Å². The van der Waals surface area contributed by atoms with Crippen molar-refractivity contribution in [2.45, 2.75) is 20.4 Å². The number of para-hydroxylation sites is 1.